The van der Waals surface area contributed by atoms with Crippen molar-refractivity contribution >= 4 is 11.3 Å². The van der Waals surface area contributed by atoms with Crippen molar-refractivity contribution in [2.75, 3.05) is 7.11 Å². The molecule has 0 saturated carbocycles. The summed E-state index contributed by atoms with van der Waals surface area (Å²) in [4.78, 5) is 5.49. The molecule has 3 nitrogen and oxygen atoms in total. The summed E-state index contributed by atoms with van der Waals surface area (Å²) in [5.41, 5.74) is 8.04. The molecular weight excluding hydrogens is 232 g/mol. The van der Waals surface area contributed by atoms with Crippen LogP contribution in [0.4, 0.5) is 0 Å². The fourth-order valence-corrected chi connectivity index (χ4v) is 2.50. The van der Waals surface area contributed by atoms with E-state index in [0.29, 0.717) is 0 Å². The largest absolute Gasteiger partial charge is 0.496 e. The summed E-state index contributed by atoms with van der Waals surface area (Å²) in [6.45, 7) is 4.01. The molecule has 1 aromatic heterocycles. The van der Waals surface area contributed by atoms with Crippen LogP contribution in [0.3, 0.4) is 0 Å². The average molecular weight is 248 g/mol. The average Bonchev–Trinajstić information content (AvgIpc) is 2.78. The Labute approximate surface area is 105 Å². The van der Waals surface area contributed by atoms with E-state index in [2.05, 4.69) is 11.1 Å². The lowest BCUT2D eigenvalue weighted by atomic mass is 10.1. The second-order valence-electron chi connectivity index (χ2n) is 4.06. The van der Waals surface area contributed by atoms with Crippen LogP contribution < -0.4 is 10.5 Å². The van der Waals surface area contributed by atoms with Crippen molar-refractivity contribution in [3.8, 4) is 16.3 Å². The number of thiazole rings is 1. The third kappa shape index (κ3) is 2.48. The first-order valence-corrected chi connectivity index (χ1v) is 6.29. The maximum absolute atomic E-state index is 5.84. The Hall–Kier alpha value is -1.39. The zero-order valence-electron chi connectivity index (χ0n) is 10.2. The van der Waals surface area contributed by atoms with Crippen LogP contribution in [0, 0.1) is 6.92 Å². The highest BCUT2D eigenvalue weighted by molar-refractivity contribution is 7.15. The van der Waals surface area contributed by atoms with Gasteiger partial charge in [-0.05, 0) is 31.5 Å². The van der Waals surface area contributed by atoms with Crippen LogP contribution in [-0.4, -0.2) is 12.1 Å². The minimum Gasteiger partial charge on any atom is -0.496 e. The summed E-state index contributed by atoms with van der Waals surface area (Å²) in [5.74, 6) is 0.857. The summed E-state index contributed by atoms with van der Waals surface area (Å²) < 4.78 is 5.39. The number of hydrogen-bond acceptors (Lipinski definition) is 4. The third-order valence-electron chi connectivity index (χ3n) is 2.56. The van der Waals surface area contributed by atoms with Gasteiger partial charge in [-0.25, -0.2) is 4.98 Å². The lowest BCUT2D eigenvalue weighted by Crippen LogP contribution is -2.01. The predicted octanol–water partition coefficient (Wildman–Crippen LogP) is 3.15. The van der Waals surface area contributed by atoms with Crippen molar-refractivity contribution in [3.63, 3.8) is 0 Å². The molecule has 0 aliphatic rings. The van der Waals surface area contributed by atoms with Gasteiger partial charge < -0.3 is 10.5 Å². The van der Waals surface area contributed by atoms with E-state index in [9.17, 15) is 0 Å². The normalized spacial score (nSPS) is 12.5. The van der Waals surface area contributed by atoms with Crippen molar-refractivity contribution in [1.29, 1.82) is 0 Å². The Kier molecular flexibility index (Phi) is 3.45. The van der Waals surface area contributed by atoms with E-state index in [1.807, 2.05) is 32.2 Å². The molecule has 2 N–H and O–H groups in total. The SMILES string of the molecule is COc1cc(C)ccc1-c1ncc(C(C)N)s1. The molecule has 0 radical (unpaired) electrons. The second kappa shape index (κ2) is 4.85. The number of hydrogen-bond donors (Lipinski definition) is 1. The van der Waals surface area contributed by atoms with E-state index in [1.54, 1.807) is 18.4 Å². The van der Waals surface area contributed by atoms with Crippen LogP contribution in [0.2, 0.25) is 0 Å². The zero-order valence-corrected chi connectivity index (χ0v) is 11.0. The second-order valence-corrected chi connectivity index (χ2v) is 5.12. The third-order valence-corrected chi connectivity index (χ3v) is 3.79. The van der Waals surface area contributed by atoms with Crippen LogP contribution in [0.15, 0.2) is 24.4 Å². The minimum absolute atomic E-state index is 0.0256. The summed E-state index contributed by atoms with van der Waals surface area (Å²) in [6, 6.07) is 6.14. The molecule has 2 aromatic rings. The first kappa shape index (κ1) is 12.1. The van der Waals surface area contributed by atoms with Crippen molar-refractivity contribution in [2.45, 2.75) is 19.9 Å². The predicted molar refractivity (Wildman–Crippen MR) is 71.4 cm³/mol. The van der Waals surface area contributed by atoms with Gasteiger partial charge in [0.2, 0.25) is 0 Å². The Bertz CT molecular complexity index is 520. The summed E-state index contributed by atoms with van der Waals surface area (Å²) >= 11 is 1.61. The molecule has 0 fully saturated rings. The molecule has 1 aromatic carbocycles. The lowest BCUT2D eigenvalue weighted by Gasteiger charge is -2.06. The number of rotatable bonds is 3. The van der Waals surface area contributed by atoms with Crippen molar-refractivity contribution in [2.24, 2.45) is 5.73 Å². The molecule has 2 rings (SSSR count). The van der Waals surface area contributed by atoms with Gasteiger partial charge in [0.1, 0.15) is 10.8 Å². The first-order valence-electron chi connectivity index (χ1n) is 5.48. The summed E-state index contributed by atoms with van der Waals surface area (Å²) in [7, 11) is 1.68. The van der Waals surface area contributed by atoms with E-state index < -0.39 is 0 Å². The minimum atomic E-state index is 0.0256. The lowest BCUT2D eigenvalue weighted by molar-refractivity contribution is 0.416. The molecule has 4 heteroatoms. The molecule has 0 aliphatic heterocycles. The van der Waals surface area contributed by atoms with Gasteiger partial charge in [-0.2, -0.15) is 0 Å². The highest BCUT2D eigenvalue weighted by Crippen LogP contribution is 2.34. The monoisotopic (exact) mass is 248 g/mol. The molecule has 0 amide bonds. The molecule has 17 heavy (non-hydrogen) atoms. The molecule has 1 unspecified atom stereocenters. The molecule has 0 bridgehead atoms. The van der Waals surface area contributed by atoms with Crippen LogP contribution in [0.5, 0.6) is 5.75 Å². The van der Waals surface area contributed by atoms with Crippen molar-refractivity contribution < 1.29 is 4.74 Å². The first-order chi connectivity index (χ1) is 8.11. The van der Waals surface area contributed by atoms with Gasteiger partial charge in [0.15, 0.2) is 0 Å². The zero-order chi connectivity index (χ0) is 12.4. The van der Waals surface area contributed by atoms with Crippen LogP contribution >= 0.6 is 11.3 Å². The standard InChI is InChI=1S/C13H16N2OS/c1-8-4-5-10(11(6-8)16-3)13-15-7-12(17-13)9(2)14/h4-7,9H,14H2,1-3H3. The van der Waals surface area contributed by atoms with Crippen LogP contribution in [0.25, 0.3) is 10.6 Å². The highest BCUT2D eigenvalue weighted by atomic mass is 32.1. The van der Waals surface area contributed by atoms with Crippen LogP contribution in [-0.2, 0) is 0 Å². The van der Waals surface area contributed by atoms with Gasteiger partial charge in [0.25, 0.3) is 0 Å². The van der Waals surface area contributed by atoms with E-state index in [1.165, 1.54) is 5.56 Å². The van der Waals surface area contributed by atoms with Gasteiger partial charge >= 0.3 is 0 Å². The van der Waals surface area contributed by atoms with Gasteiger partial charge in [-0.15, -0.1) is 11.3 Å². The maximum Gasteiger partial charge on any atom is 0.129 e. The maximum atomic E-state index is 5.84. The Morgan fingerprint density at radius 1 is 1.41 bits per heavy atom. The van der Waals surface area contributed by atoms with Gasteiger partial charge in [0.05, 0.1) is 12.7 Å². The van der Waals surface area contributed by atoms with Gasteiger partial charge in [-0.3, -0.25) is 0 Å². The number of ether oxygens (including phenoxy) is 1. The number of methoxy groups -OCH3 is 1. The fourth-order valence-electron chi connectivity index (χ4n) is 1.60. The van der Waals surface area contributed by atoms with E-state index in [4.69, 9.17) is 10.5 Å². The van der Waals surface area contributed by atoms with E-state index >= 15 is 0 Å². The Morgan fingerprint density at radius 3 is 2.76 bits per heavy atom. The van der Waals surface area contributed by atoms with Crippen molar-refractivity contribution in [3.05, 3.63) is 34.8 Å². The fraction of sp³-hybridized carbons (Fsp3) is 0.308. The molecule has 1 heterocycles. The van der Waals surface area contributed by atoms with Crippen molar-refractivity contribution in [1.82, 2.24) is 4.98 Å². The Morgan fingerprint density at radius 2 is 2.18 bits per heavy atom. The number of benzene rings is 1. The molecule has 0 saturated heterocycles. The van der Waals surface area contributed by atoms with Crippen LogP contribution in [0.1, 0.15) is 23.4 Å². The number of aryl methyl sites for hydroxylation is 1. The smallest absolute Gasteiger partial charge is 0.129 e. The molecule has 90 valence electrons. The number of nitrogens with zero attached hydrogens (tertiary/aromatic N) is 1. The highest BCUT2D eigenvalue weighted by Gasteiger charge is 2.11. The van der Waals surface area contributed by atoms with Gasteiger partial charge in [0, 0.05) is 17.1 Å². The molecular formula is C13H16N2OS. The molecule has 0 aliphatic carbocycles. The summed E-state index contributed by atoms with van der Waals surface area (Å²) in [6.07, 6.45) is 1.84. The molecule has 0 spiro atoms. The Balaban J connectivity index is 2.44. The van der Waals surface area contributed by atoms with E-state index in [0.717, 1.165) is 21.2 Å². The van der Waals surface area contributed by atoms with E-state index in [-0.39, 0.29) is 6.04 Å². The summed E-state index contributed by atoms with van der Waals surface area (Å²) in [5, 5.41) is 0.953. The van der Waals surface area contributed by atoms with Gasteiger partial charge in [-0.1, -0.05) is 6.07 Å². The molecule has 1 atom stereocenters. The number of nitrogens with two attached hydrogens (primary N) is 1. The number of aromatic nitrogens is 1. The quantitative estimate of drug-likeness (QED) is 0.907. The topological polar surface area (TPSA) is 48.1 Å².